The zero-order chi connectivity index (χ0) is 34.7. The number of phenolic OH excluding ortho intramolecular Hbond substituents is 1. The molecule has 0 spiro atoms. The number of aromatic hydroxyl groups is 1. The van der Waals surface area contributed by atoms with Crippen LogP contribution in [0.1, 0.15) is 18.4 Å². The van der Waals surface area contributed by atoms with Gasteiger partial charge in [-0.1, -0.05) is 54.1 Å². The van der Waals surface area contributed by atoms with Gasteiger partial charge in [0.1, 0.15) is 0 Å². The van der Waals surface area contributed by atoms with Crippen LogP contribution in [0.15, 0.2) is 84.5 Å². The maximum Gasteiger partial charge on any atom is 0.488 e. The minimum atomic E-state index is -1.81. The van der Waals surface area contributed by atoms with Crippen LogP contribution in [0, 0.1) is 35.5 Å². The fraction of sp³-hybridized carbons (Fsp3) is 0.257. The molecule has 3 fully saturated rings. The van der Waals surface area contributed by atoms with Crippen LogP contribution in [0.25, 0.3) is 6.08 Å². The van der Waals surface area contributed by atoms with Gasteiger partial charge in [-0.2, -0.15) is 0 Å². The summed E-state index contributed by atoms with van der Waals surface area (Å²) in [5.41, 5.74) is 2.07. The molecule has 4 aliphatic rings. The first-order chi connectivity index (χ1) is 23.5. The predicted octanol–water partition coefficient (Wildman–Crippen LogP) is 0.351. The molecule has 2 aliphatic carbocycles. The normalized spacial score (nSPS) is 26.1. The summed E-state index contributed by atoms with van der Waals surface area (Å²) in [4.78, 5) is 58.5. The summed E-state index contributed by atoms with van der Waals surface area (Å²) in [6.07, 6.45) is 5.86. The lowest BCUT2D eigenvalue weighted by Gasteiger charge is -2.42. The summed E-state index contributed by atoms with van der Waals surface area (Å²) in [6.45, 7) is 0. The highest BCUT2D eigenvalue weighted by Gasteiger charge is 2.61. The Bertz CT molecular complexity index is 1940. The van der Waals surface area contributed by atoms with Gasteiger partial charge in [-0.15, -0.1) is 0 Å². The van der Waals surface area contributed by atoms with Crippen molar-refractivity contribution in [3.8, 4) is 11.5 Å². The number of imide groups is 2. The zero-order valence-electron chi connectivity index (χ0n) is 26.3. The molecular weight excluding hydrogens is 630 g/mol. The highest BCUT2D eigenvalue weighted by Crippen LogP contribution is 2.56. The van der Waals surface area contributed by atoms with Crippen LogP contribution in [0.2, 0.25) is 0 Å². The van der Waals surface area contributed by atoms with Crippen molar-refractivity contribution in [2.24, 2.45) is 35.5 Å². The van der Waals surface area contributed by atoms with Crippen molar-refractivity contribution < 1.29 is 49.1 Å². The van der Waals surface area contributed by atoms with Gasteiger partial charge in [0.05, 0.1) is 42.2 Å². The molecule has 49 heavy (non-hydrogen) atoms. The van der Waals surface area contributed by atoms with Gasteiger partial charge in [0.2, 0.25) is 23.6 Å². The van der Waals surface area contributed by atoms with Crippen LogP contribution in [0.4, 0.5) is 11.4 Å². The second-order valence-corrected chi connectivity index (χ2v) is 12.8. The predicted molar refractivity (Wildman–Crippen MR) is 179 cm³/mol. The first-order valence-electron chi connectivity index (χ1n) is 15.9. The largest absolute Gasteiger partial charge is 0.504 e. The van der Waals surface area contributed by atoms with Gasteiger partial charge in [0.15, 0.2) is 11.5 Å². The third-order valence-electron chi connectivity index (χ3n) is 10.3. The lowest BCUT2D eigenvalue weighted by Crippen LogP contribution is -2.43. The van der Waals surface area contributed by atoms with Gasteiger partial charge in [-0.05, 0) is 71.6 Å². The Hall–Kier alpha value is -5.01. The summed E-state index contributed by atoms with van der Waals surface area (Å²) < 4.78 is 5.25. The molecule has 3 aromatic rings. The van der Waals surface area contributed by atoms with E-state index in [1.54, 1.807) is 30.3 Å². The summed E-state index contributed by atoms with van der Waals surface area (Å²) in [7, 11) is -2.18. The third-order valence-corrected chi connectivity index (χ3v) is 10.3. The number of carbonyl (C=O) groups is 4. The molecule has 7 rings (SSSR count). The van der Waals surface area contributed by atoms with Crippen molar-refractivity contribution in [3.63, 3.8) is 0 Å². The monoisotopic (exact) mass is 662 g/mol. The standard InChI is InChI=1S/C35H32B2N2O10/c1-49-29-14-18(9-13-28(29)40)8-10-24-23-11-12-25-31(35(44)38(32(25)41)21-6-2-4-19(15-21)36(45)46)26(23)17-27-30(24)34(43)39(33(27)42)22-7-3-5-20(16-22)37(47)48/h2-11,13-16,24-27,30-31,40,45-48H,12,17H2,1H3/t24-,25-,26+,27+,30-,31-/m0/s1. The summed E-state index contributed by atoms with van der Waals surface area (Å²) in [5.74, 6) is -6.02. The van der Waals surface area contributed by atoms with E-state index in [4.69, 9.17) is 4.74 Å². The molecule has 0 radical (unpaired) electrons. The van der Waals surface area contributed by atoms with Crippen LogP contribution in [0.5, 0.6) is 11.5 Å². The first kappa shape index (κ1) is 32.5. The van der Waals surface area contributed by atoms with Gasteiger partial charge in [0.25, 0.3) is 0 Å². The Kier molecular flexibility index (Phi) is 8.27. The topological polar surface area (TPSA) is 185 Å². The van der Waals surface area contributed by atoms with E-state index in [1.165, 1.54) is 49.6 Å². The van der Waals surface area contributed by atoms with E-state index in [-0.39, 0.29) is 46.6 Å². The van der Waals surface area contributed by atoms with E-state index >= 15 is 0 Å². The molecule has 0 unspecified atom stereocenters. The van der Waals surface area contributed by atoms with E-state index < -0.39 is 73.4 Å². The van der Waals surface area contributed by atoms with Gasteiger partial charge in [-0.25, -0.2) is 0 Å². The van der Waals surface area contributed by atoms with Crippen molar-refractivity contribution in [1.29, 1.82) is 0 Å². The number of hydrogen-bond donors (Lipinski definition) is 5. The number of methoxy groups -OCH3 is 1. The van der Waals surface area contributed by atoms with Crippen LogP contribution >= 0.6 is 0 Å². The molecule has 1 saturated carbocycles. The molecule has 3 aromatic carbocycles. The first-order valence-corrected chi connectivity index (χ1v) is 15.9. The van der Waals surface area contributed by atoms with Gasteiger partial charge in [-0.3, -0.25) is 29.0 Å². The van der Waals surface area contributed by atoms with Gasteiger partial charge in [0, 0.05) is 5.92 Å². The fourth-order valence-electron chi connectivity index (χ4n) is 8.02. The molecule has 2 heterocycles. The fourth-order valence-corrected chi connectivity index (χ4v) is 8.02. The Balaban J connectivity index is 1.29. The molecule has 5 N–H and O–H groups in total. The van der Waals surface area contributed by atoms with Crippen LogP contribution in [-0.2, 0) is 19.2 Å². The molecule has 12 nitrogen and oxygen atoms in total. The van der Waals surface area contributed by atoms with Crippen LogP contribution in [0.3, 0.4) is 0 Å². The Morgan fingerprint density at radius 2 is 1.33 bits per heavy atom. The van der Waals surface area contributed by atoms with E-state index in [0.29, 0.717) is 5.56 Å². The van der Waals surface area contributed by atoms with Gasteiger partial charge < -0.3 is 29.9 Å². The van der Waals surface area contributed by atoms with Crippen LogP contribution < -0.4 is 25.5 Å². The van der Waals surface area contributed by atoms with E-state index in [2.05, 4.69) is 0 Å². The summed E-state index contributed by atoms with van der Waals surface area (Å²) >= 11 is 0. The lowest BCUT2D eigenvalue weighted by molar-refractivity contribution is -0.126. The summed E-state index contributed by atoms with van der Waals surface area (Å²) in [6, 6.07) is 16.6. The Labute approximate surface area is 281 Å². The third kappa shape index (κ3) is 5.37. The molecule has 0 bridgehead atoms. The lowest BCUT2D eigenvalue weighted by atomic mass is 9.58. The highest BCUT2D eigenvalue weighted by molar-refractivity contribution is 6.59. The number of fused-ring (bicyclic) bond motifs is 4. The van der Waals surface area contributed by atoms with Gasteiger partial charge >= 0.3 is 14.2 Å². The molecule has 0 aromatic heterocycles. The van der Waals surface area contributed by atoms with Crippen molar-refractivity contribution in [3.05, 3.63) is 90.0 Å². The Morgan fingerprint density at radius 1 is 0.735 bits per heavy atom. The Morgan fingerprint density at radius 3 is 1.92 bits per heavy atom. The molecule has 2 saturated heterocycles. The number of anilines is 2. The second-order valence-electron chi connectivity index (χ2n) is 12.8. The minimum Gasteiger partial charge on any atom is -0.504 e. The molecular formula is C35H32B2N2O10. The molecule has 2 aliphatic heterocycles. The average Bonchev–Trinajstić information content (AvgIpc) is 3.50. The van der Waals surface area contributed by atoms with E-state index in [9.17, 15) is 44.4 Å². The second kappa shape index (κ2) is 12.5. The number of amides is 4. The molecule has 14 heteroatoms. The smallest absolute Gasteiger partial charge is 0.488 e. The molecule has 6 atom stereocenters. The zero-order valence-corrected chi connectivity index (χ0v) is 26.3. The number of rotatable bonds is 7. The van der Waals surface area contributed by atoms with E-state index in [0.717, 1.165) is 15.4 Å². The van der Waals surface area contributed by atoms with Crippen molar-refractivity contribution in [1.82, 2.24) is 0 Å². The van der Waals surface area contributed by atoms with Crippen molar-refractivity contribution >= 4 is 66.2 Å². The SMILES string of the molecule is COc1cc(C=C[C@H]2C3=CC[C@@H]4C(=O)N(c5cccc(B(O)O)c5)C(=O)[C@@H]4[C@@H]3C[C@H]3C(=O)N(c4cccc(B(O)O)c4)C(=O)[C@@H]23)ccc1O. The number of ether oxygens (including phenoxy) is 1. The minimum absolute atomic E-state index is 0.0473. The summed E-state index contributed by atoms with van der Waals surface area (Å²) in [5, 5.41) is 49.0. The maximum absolute atomic E-state index is 14.2. The molecule has 4 amide bonds. The number of phenols is 1. The van der Waals surface area contributed by atoms with Crippen molar-refractivity contribution in [2.45, 2.75) is 12.8 Å². The maximum atomic E-state index is 14.2. The highest BCUT2D eigenvalue weighted by atomic mass is 16.5. The number of hydrogen-bond acceptors (Lipinski definition) is 10. The van der Waals surface area contributed by atoms with Crippen LogP contribution in [-0.4, -0.2) is 70.2 Å². The quantitative estimate of drug-likeness (QED) is 0.134. The number of allylic oxidation sites excluding steroid dienone is 3. The average molecular weight is 662 g/mol. The number of benzene rings is 3. The number of nitrogens with zero attached hydrogens (tertiary/aromatic N) is 2. The number of carbonyl (C=O) groups excluding carboxylic acids is 4. The molecule has 248 valence electrons. The van der Waals surface area contributed by atoms with Crippen molar-refractivity contribution in [2.75, 3.05) is 16.9 Å². The van der Waals surface area contributed by atoms with E-state index in [1.807, 2.05) is 12.2 Å².